The second-order valence-corrected chi connectivity index (χ2v) is 4.76. The lowest BCUT2D eigenvalue weighted by molar-refractivity contribution is 0.0150. The van der Waals surface area contributed by atoms with Gasteiger partial charge >= 0.3 is 0 Å². The Morgan fingerprint density at radius 2 is 2.24 bits per heavy atom. The Morgan fingerprint density at radius 1 is 1.47 bits per heavy atom. The summed E-state index contributed by atoms with van der Waals surface area (Å²) in [6.07, 6.45) is 1.69. The summed E-state index contributed by atoms with van der Waals surface area (Å²) < 4.78 is 26.5. The summed E-state index contributed by atoms with van der Waals surface area (Å²) in [5.41, 5.74) is 0.346. The van der Waals surface area contributed by atoms with E-state index in [-0.39, 0.29) is 11.3 Å². The number of halogens is 2. The summed E-state index contributed by atoms with van der Waals surface area (Å²) in [6, 6.07) is 4.60. The predicted octanol–water partition coefficient (Wildman–Crippen LogP) is 2.66. The van der Waals surface area contributed by atoms with Gasteiger partial charge < -0.3 is 10.4 Å². The molecule has 1 saturated heterocycles. The number of alkyl halides is 2. The van der Waals surface area contributed by atoms with Gasteiger partial charge in [-0.25, -0.2) is 8.78 Å². The molecular weight excluding hydrogens is 224 g/mol. The van der Waals surface area contributed by atoms with Crippen LogP contribution in [-0.2, 0) is 12.3 Å². The Morgan fingerprint density at radius 3 is 2.82 bits per heavy atom. The molecule has 1 aromatic carbocycles. The topological polar surface area (TPSA) is 32.3 Å². The maximum atomic E-state index is 13.2. The zero-order valence-electron chi connectivity index (χ0n) is 9.84. The number of aromatic hydroxyl groups is 1. The quantitative estimate of drug-likeness (QED) is 0.852. The molecule has 0 radical (unpaired) electrons. The van der Waals surface area contributed by atoms with Gasteiger partial charge in [0.2, 0.25) is 0 Å². The lowest BCUT2D eigenvalue weighted by atomic mass is 9.95. The molecule has 1 heterocycles. The number of benzene rings is 1. The van der Waals surface area contributed by atoms with Crippen LogP contribution in [0, 0.1) is 5.92 Å². The lowest BCUT2D eigenvalue weighted by Gasteiger charge is -2.16. The molecule has 17 heavy (non-hydrogen) atoms. The van der Waals surface area contributed by atoms with Crippen molar-refractivity contribution >= 4 is 0 Å². The van der Waals surface area contributed by atoms with E-state index in [0.29, 0.717) is 17.9 Å². The van der Waals surface area contributed by atoms with Crippen molar-refractivity contribution in [3.05, 3.63) is 29.3 Å². The first kappa shape index (κ1) is 12.3. The molecule has 94 valence electrons. The average molecular weight is 241 g/mol. The minimum Gasteiger partial charge on any atom is -0.507 e. The molecule has 1 unspecified atom stereocenters. The zero-order chi connectivity index (χ0) is 12.5. The Kier molecular flexibility index (Phi) is 3.33. The summed E-state index contributed by atoms with van der Waals surface area (Å²) in [5, 5.41) is 13.1. The van der Waals surface area contributed by atoms with Gasteiger partial charge in [0.05, 0.1) is 5.56 Å². The molecule has 1 aromatic rings. The molecule has 4 heteroatoms. The van der Waals surface area contributed by atoms with Crippen LogP contribution in [0.15, 0.2) is 18.2 Å². The minimum absolute atomic E-state index is 0.244. The fraction of sp³-hybridized carbons (Fsp3) is 0.538. The molecule has 2 rings (SSSR count). The van der Waals surface area contributed by atoms with Crippen LogP contribution in [0.5, 0.6) is 5.75 Å². The van der Waals surface area contributed by atoms with Crippen LogP contribution in [0.4, 0.5) is 8.78 Å². The van der Waals surface area contributed by atoms with E-state index in [9.17, 15) is 13.9 Å². The highest BCUT2D eigenvalue weighted by atomic mass is 19.3. The second-order valence-electron chi connectivity index (χ2n) is 4.76. The highest BCUT2D eigenvalue weighted by Gasteiger charge is 2.29. The molecule has 0 aromatic heterocycles. The zero-order valence-corrected chi connectivity index (χ0v) is 9.84. The van der Waals surface area contributed by atoms with Gasteiger partial charge in [-0.15, -0.1) is 0 Å². The number of nitrogens with one attached hydrogen (secondary N) is 1. The maximum absolute atomic E-state index is 13.2. The van der Waals surface area contributed by atoms with Gasteiger partial charge in [0.25, 0.3) is 5.92 Å². The van der Waals surface area contributed by atoms with Crippen molar-refractivity contribution in [3.8, 4) is 5.75 Å². The first-order chi connectivity index (χ1) is 7.98. The summed E-state index contributed by atoms with van der Waals surface area (Å²) in [6.45, 7) is 2.67. The third kappa shape index (κ3) is 2.75. The highest BCUT2D eigenvalue weighted by Crippen LogP contribution is 2.36. The molecular formula is C13H17F2NO. The molecule has 1 atom stereocenters. The first-order valence-electron chi connectivity index (χ1n) is 5.88. The first-order valence-corrected chi connectivity index (χ1v) is 5.88. The number of hydrogen-bond acceptors (Lipinski definition) is 2. The van der Waals surface area contributed by atoms with E-state index in [4.69, 9.17) is 0 Å². The van der Waals surface area contributed by atoms with E-state index in [0.717, 1.165) is 26.4 Å². The molecule has 1 fully saturated rings. The molecule has 0 amide bonds. The number of phenols is 1. The summed E-state index contributed by atoms with van der Waals surface area (Å²) >= 11 is 0. The van der Waals surface area contributed by atoms with Gasteiger partial charge in [-0.1, -0.05) is 12.1 Å². The van der Waals surface area contributed by atoms with Crippen molar-refractivity contribution < 1.29 is 13.9 Å². The van der Waals surface area contributed by atoms with Crippen LogP contribution >= 0.6 is 0 Å². The van der Waals surface area contributed by atoms with Gasteiger partial charge in [-0.3, -0.25) is 0 Å². The second kappa shape index (κ2) is 4.61. The van der Waals surface area contributed by atoms with Crippen molar-refractivity contribution in [2.75, 3.05) is 13.1 Å². The van der Waals surface area contributed by atoms with Crippen molar-refractivity contribution in [1.29, 1.82) is 0 Å². The molecule has 2 N–H and O–H groups in total. The van der Waals surface area contributed by atoms with Crippen LogP contribution in [0.1, 0.15) is 24.5 Å². The van der Waals surface area contributed by atoms with E-state index < -0.39 is 5.92 Å². The van der Waals surface area contributed by atoms with E-state index in [1.54, 1.807) is 12.1 Å². The Bertz CT molecular complexity index is 395. The molecule has 0 aliphatic carbocycles. The van der Waals surface area contributed by atoms with E-state index in [1.165, 1.54) is 6.07 Å². The Balaban J connectivity index is 2.22. The van der Waals surface area contributed by atoms with Gasteiger partial charge in [0.1, 0.15) is 5.75 Å². The van der Waals surface area contributed by atoms with Crippen LogP contribution < -0.4 is 5.32 Å². The van der Waals surface area contributed by atoms with Crippen molar-refractivity contribution in [3.63, 3.8) is 0 Å². The van der Waals surface area contributed by atoms with Crippen LogP contribution in [-0.4, -0.2) is 18.2 Å². The van der Waals surface area contributed by atoms with Crippen molar-refractivity contribution in [1.82, 2.24) is 5.32 Å². The van der Waals surface area contributed by atoms with E-state index in [1.807, 2.05) is 0 Å². The normalized spacial score (nSPS) is 20.8. The third-order valence-electron chi connectivity index (χ3n) is 3.26. The molecule has 1 aliphatic rings. The minimum atomic E-state index is -2.99. The monoisotopic (exact) mass is 241 g/mol. The molecule has 2 nitrogen and oxygen atoms in total. The van der Waals surface area contributed by atoms with E-state index >= 15 is 0 Å². The molecule has 0 saturated carbocycles. The molecule has 0 spiro atoms. The van der Waals surface area contributed by atoms with Gasteiger partial charge in [0.15, 0.2) is 0 Å². The summed E-state index contributed by atoms with van der Waals surface area (Å²) in [7, 11) is 0. The summed E-state index contributed by atoms with van der Waals surface area (Å²) in [4.78, 5) is 0. The molecule has 1 aliphatic heterocycles. The number of phenolic OH excluding ortho intramolecular Hbond substituents is 1. The predicted molar refractivity (Wildman–Crippen MR) is 62.4 cm³/mol. The SMILES string of the molecule is CC(F)(F)c1cccc(CC2CCNC2)c1O. The highest BCUT2D eigenvalue weighted by molar-refractivity contribution is 5.42. The van der Waals surface area contributed by atoms with Crippen LogP contribution in [0.2, 0.25) is 0 Å². The maximum Gasteiger partial charge on any atom is 0.274 e. The van der Waals surface area contributed by atoms with Crippen LogP contribution in [0.3, 0.4) is 0 Å². The Labute approximate surface area is 99.7 Å². The van der Waals surface area contributed by atoms with Gasteiger partial charge in [-0.05, 0) is 43.5 Å². The largest absolute Gasteiger partial charge is 0.507 e. The number of para-hydroxylation sites is 1. The van der Waals surface area contributed by atoms with Crippen LogP contribution in [0.25, 0.3) is 0 Å². The number of rotatable bonds is 3. The van der Waals surface area contributed by atoms with Gasteiger partial charge in [-0.2, -0.15) is 0 Å². The van der Waals surface area contributed by atoms with Crippen molar-refractivity contribution in [2.24, 2.45) is 5.92 Å². The van der Waals surface area contributed by atoms with Gasteiger partial charge in [0, 0.05) is 6.92 Å². The lowest BCUT2D eigenvalue weighted by Crippen LogP contribution is -2.12. The smallest absolute Gasteiger partial charge is 0.274 e. The average Bonchev–Trinajstić information content (AvgIpc) is 2.72. The molecule has 0 bridgehead atoms. The fourth-order valence-electron chi connectivity index (χ4n) is 2.31. The third-order valence-corrected chi connectivity index (χ3v) is 3.26. The fourth-order valence-corrected chi connectivity index (χ4v) is 2.31. The summed E-state index contributed by atoms with van der Waals surface area (Å²) in [5.74, 6) is -2.80. The standard InChI is InChI=1S/C13H17F2NO/c1-13(14,15)11-4-2-3-10(12(11)17)7-9-5-6-16-8-9/h2-4,9,16-17H,5-8H2,1H3. The van der Waals surface area contributed by atoms with E-state index in [2.05, 4.69) is 5.32 Å². The Hall–Kier alpha value is -1.16. The number of hydrogen-bond donors (Lipinski definition) is 2. The van der Waals surface area contributed by atoms with Crippen molar-refractivity contribution in [2.45, 2.75) is 25.7 Å².